The second-order valence-corrected chi connectivity index (χ2v) is 3.79. The highest BCUT2D eigenvalue weighted by atomic mass is 19.1. The van der Waals surface area contributed by atoms with Gasteiger partial charge in [0.25, 0.3) is 0 Å². The molecule has 2 N–H and O–H groups in total. The van der Waals surface area contributed by atoms with Crippen molar-refractivity contribution >= 4 is 5.69 Å². The van der Waals surface area contributed by atoms with E-state index in [2.05, 4.69) is 6.92 Å². The molecule has 2 heteroatoms. The zero-order chi connectivity index (χ0) is 11.5. The first-order chi connectivity index (χ1) is 7.70. The summed E-state index contributed by atoms with van der Waals surface area (Å²) in [6.07, 6.45) is 0.942. The fourth-order valence-electron chi connectivity index (χ4n) is 1.72. The quantitative estimate of drug-likeness (QED) is 0.760. The molecule has 0 atom stereocenters. The fraction of sp³-hybridized carbons (Fsp3) is 0.143. The fourth-order valence-corrected chi connectivity index (χ4v) is 1.72. The Labute approximate surface area is 94.7 Å². The Morgan fingerprint density at radius 2 is 1.94 bits per heavy atom. The molecule has 16 heavy (non-hydrogen) atoms. The Hall–Kier alpha value is -1.83. The number of nitrogens with two attached hydrogens (primary N) is 1. The average molecular weight is 215 g/mol. The van der Waals surface area contributed by atoms with Crippen molar-refractivity contribution in [3.8, 4) is 11.1 Å². The van der Waals surface area contributed by atoms with Crippen molar-refractivity contribution in [3.05, 3.63) is 53.8 Å². The van der Waals surface area contributed by atoms with Gasteiger partial charge in [0.05, 0.1) is 0 Å². The number of anilines is 1. The van der Waals surface area contributed by atoms with Gasteiger partial charge in [0.1, 0.15) is 5.82 Å². The van der Waals surface area contributed by atoms with Crippen LogP contribution in [0.2, 0.25) is 0 Å². The molecule has 0 aliphatic carbocycles. The second kappa shape index (κ2) is 4.35. The van der Waals surface area contributed by atoms with Crippen molar-refractivity contribution in [2.24, 2.45) is 0 Å². The van der Waals surface area contributed by atoms with Gasteiger partial charge in [0.2, 0.25) is 0 Å². The second-order valence-electron chi connectivity index (χ2n) is 3.79. The zero-order valence-corrected chi connectivity index (χ0v) is 9.20. The Morgan fingerprint density at radius 1 is 1.12 bits per heavy atom. The minimum atomic E-state index is -0.234. The lowest BCUT2D eigenvalue weighted by Gasteiger charge is -2.06. The van der Waals surface area contributed by atoms with E-state index in [-0.39, 0.29) is 5.82 Å². The maximum Gasteiger partial charge on any atom is 0.131 e. The molecule has 0 fully saturated rings. The lowest BCUT2D eigenvalue weighted by molar-refractivity contribution is 0.631. The summed E-state index contributed by atoms with van der Waals surface area (Å²) in [4.78, 5) is 0. The molecule has 0 saturated heterocycles. The van der Waals surface area contributed by atoms with Gasteiger partial charge in [-0.05, 0) is 35.7 Å². The molecule has 82 valence electrons. The van der Waals surface area contributed by atoms with Gasteiger partial charge in [0, 0.05) is 11.3 Å². The summed E-state index contributed by atoms with van der Waals surface area (Å²) in [5.41, 5.74) is 8.89. The van der Waals surface area contributed by atoms with Crippen molar-refractivity contribution in [1.82, 2.24) is 0 Å². The van der Waals surface area contributed by atoms with E-state index >= 15 is 0 Å². The highest BCUT2D eigenvalue weighted by Gasteiger charge is 2.05. The first-order valence-corrected chi connectivity index (χ1v) is 5.35. The molecule has 0 unspecified atom stereocenters. The van der Waals surface area contributed by atoms with E-state index in [1.165, 1.54) is 11.6 Å². The largest absolute Gasteiger partial charge is 0.399 e. The maximum atomic E-state index is 13.6. The number of nitrogen functional groups attached to an aromatic ring is 1. The van der Waals surface area contributed by atoms with Crippen molar-refractivity contribution < 1.29 is 4.39 Å². The SMILES string of the molecule is CCc1cccc(-c2cc(N)ccc2F)c1. The smallest absolute Gasteiger partial charge is 0.131 e. The van der Waals surface area contributed by atoms with E-state index in [0.717, 1.165) is 12.0 Å². The normalized spacial score (nSPS) is 10.4. The molecule has 0 amide bonds. The Kier molecular flexibility index (Phi) is 2.91. The van der Waals surface area contributed by atoms with Crippen molar-refractivity contribution in [1.29, 1.82) is 0 Å². The van der Waals surface area contributed by atoms with Gasteiger partial charge >= 0.3 is 0 Å². The van der Waals surface area contributed by atoms with Gasteiger partial charge in [-0.1, -0.05) is 31.2 Å². The monoisotopic (exact) mass is 215 g/mol. The number of hydrogen-bond donors (Lipinski definition) is 1. The van der Waals surface area contributed by atoms with Crippen LogP contribution in [0.25, 0.3) is 11.1 Å². The first-order valence-electron chi connectivity index (χ1n) is 5.35. The van der Waals surface area contributed by atoms with Crippen LogP contribution in [-0.2, 0) is 6.42 Å². The summed E-state index contributed by atoms with van der Waals surface area (Å²) in [5, 5.41) is 0. The van der Waals surface area contributed by atoms with Crippen molar-refractivity contribution in [2.45, 2.75) is 13.3 Å². The van der Waals surface area contributed by atoms with Crippen LogP contribution in [0.15, 0.2) is 42.5 Å². The molecule has 0 spiro atoms. The third kappa shape index (κ3) is 2.06. The minimum absolute atomic E-state index is 0.234. The summed E-state index contributed by atoms with van der Waals surface area (Å²) < 4.78 is 13.6. The molecule has 1 nitrogen and oxygen atoms in total. The molecule has 2 aromatic carbocycles. The van der Waals surface area contributed by atoms with Gasteiger partial charge in [-0.15, -0.1) is 0 Å². The number of aryl methyl sites for hydroxylation is 1. The summed E-state index contributed by atoms with van der Waals surface area (Å²) in [6.45, 7) is 2.08. The third-order valence-electron chi connectivity index (χ3n) is 2.64. The predicted molar refractivity (Wildman–Crippen MR) is 65.6 cm³/mol. The Morgan fingerprint density at radius 3 is 2.69 bits per heavy atom. The summed E-state index contributed by atoms with van der Waals surface area (Å²) >= 11 is 0. The van der Waals surface area contributed by atoms with Gasteiger partial charge in [-0.3, -0.25) is 0 Å². The van der Waals surface area contributed by atoms with Crippen LogP contribution in [0.1, 0.15) is 12.5 Å². The number of hydrogen-bond acceptors (Lipinski definition) is 1. The van der Waals surface area contributed by atoms with E-state index in [4.69, 9.17) is 5.73 Å². The average Bonchev–Trinajstić information content (AvgIpc) is 2.32. The Bertz CT molecular complexity index is 506. The number of halogens is 1. The van der Waals surface area contributed by atoms with Gasteiger partial charge < -0.3 is 5.73 Å². The van der Waals surface area contributed by atoms with E-state index in [9.17, 15) is 4.39 Å². The van der Waals surface area contributed by atoms with E-state index < -0.39 is 0 Å². The van der Waals surface area contributed by atoms with E-state index in [1.807, 2.05) is 24.3 Å². The summed E-state index contributed by atoms with van der Waals surface area (Å²) in [5.74, 6) is -0.234. The number of benzene rings is 2. The summed E-state index contributed by atoms with van der Waals surface area (Å²) in [6, 6.07) is 12.5. The number of rotatable bonds is 2. The van der Waals surface area contributed by atoms with Gasteiger partial charge in [-0.25, -0.2) is 4.39 Å². The van der Waals surface area contributed by atoms with Crippen LogP contribution in [0.5, 0.6) is 0 Å². The maximum absolute atomic E-state index is 13.6. The molecule has 0 radical (unpaired) electrons. The first kappa shape index (κ1) is 10.7. The van der Waals surface area contributed by atoms with Crippen LogP contribution in [0, 0.1) is 5.82 Å². The van der Waals surface area contributed by atoms with E-state index in [1.54, 1.807) is 12.1 Å². The molecular formula is C14H14FN. The predicted octanol–water partition coefficient (Wildman–Crippen LogP) is 3.64. The molecule has 0 aromatic heterocycles. The summed E-state index contributed by atoms with van der Waals surface area (Å²) in [7, 11) is 0. The molecule has 0 aliphatic rings. The van der Waals surface area contributed by atoms with Crippen molar-refractivity contribution in [2.75, 3.05) is 5.73 Å². The van der Waals surface area contributed by atoms with Gasteiger partial charge in [0.15, 0.2) is 0 Å². The van der Waals surface area contributed by atoms with Crippen molar-refractivity contribution in [3.63, 3.8) is 0 Å². The zero-order valence-electron chi connectivity index (χ0n) is 9.20. The molecule has 0 saturated carbocycles. The standard InChI is InChI=1S/C14H14FN/c1-2-10-4-3-5-11(8-10)13-9-12(16)6-7-14(13)15/h3-9H,2,16H2,1H3. The molecule has 0 aliphatic heterocycles. The van der Waals surface area contributed by atoms with Crippen LogP contribution in [0.3, 0.4) is 0 Å². The van der Waals surface area contributed by atoms with Crippen LogP contribution >= 0.6 is 0 Å². The van der Waals surface area contributed by atoms with Gasteiger partial charge in [-0.2, -0.15) is 0 Å². The van der Waals surface area contributed by atoms with E-state index in [0.29, 0.717) is 11.3 Å². The Balaban J connectivity index is 2.53. The lowest BCUT2D eigenvalue weighted by atomic mass is 10.0. The molecule has 2 aromatic rings. The molecule has 0 bridgehead atoms. The highest BCUT2D eigenvalue weighted by Crippen LogP contribution is 2.25. The minimum Gasteiger partial charge on any atom is -0.399 e. The van der Waals surface area contributed by atoms with Crippen LogP contribution < -0.4 is 5.73 Å². The topological polar surface area (TPSA) is 26.0 Å². The lowest BCUT2D eigenvalue weighted by Crippen LogP contribution is -1.90. The van der Waals surface area contributed by atoms with Crippen LogP contribution in [0.4, 0.5) is 10.1 Å². The molecule has 0 heterocycles. The highest BCUT2D eigenvalue weighted by molar-refractivity contribution is 5.68. The molecule has 2 rings (SSSR count). The van der Waals surface area contributed by atoms with Crippen LogP contribution in [-0.4, -0.2) is 0 Å². The molecular weight excluding hydrogens is 201 g/mol. The third-order valence-corrected chi connectivity index (χ3v) is 2.64.